The molecule has 0 aromatic heterocycles. The summed E-state index contributed by atoms with van der Waals surface area (Å²) >= 11 is 0. The third-order valence-corrected chi connectivity index (χ3v) is 3.49. The van der Waals surface area contributed by atoms with Crippen LogP contribution in [0, 0.1) is 0 Å². The van der Waals surface area contributed by atoms with Crippen LogP contribution in [0.3, 0.4) is 0 Å². The molecule has 114 valence electrons. The fourth-order valence-electron chi connectivity index (χ4n) is 2.29. The number of hydrogen-bond donors (Lipinski definition) is 1. The van der Waals surface area contributed by atoms with Crippen LogP contribution in [0.2, 0.25) is 0 Å². The van der Waals surface area contributed by atoms with E-state index in [0.29, 0.717) is 17.8 Å². The van der Waals surface area contributed by atoms with E-state index in [-0.39, 0.29) is 11.8 Å². The van der Waals surface area contributed by atoms with Gasteiger partial charge in [-0.2, -0.15) is 0 Å². The van der Waals surface area contributed by atoms with Gasteiger partial charge in [-0.15, -0.1) is 0 Å². The van der Waals surface area contributed by atoms with Crippen molar-refractivity contribution in [3.05, 3.63) is 95.8 Å². The molecular formula is C19H16N2O2. The van der Waals surface area contributed by atoms with Gasteiger partial charge in [0.1, 0.15) is 0 Å². The van der Waals surface area contributed by atoms with Crippen molar-refractivity contribution in [1.82, 2.24) is 10.2 Å². The minimum atomic E-state index is -0.247. The van der Waals surface area contributed by atoms with Gasteiger partial charge in [-0.05, 0) is 11.6 Å². The minimum absolute atomic E-state index is 0.137. The van der Waals surface area contributed by atoms with Crippen molar-refractivity contribution in [1.29, 1.82) is 0 Å². The highest BCUT2D eigenvalue weighted by atomic mass is 16.2. The van der Waals surface area contributed by atoms with E-state index in [4.69, 9.17) is 0 Å². The van der Waals surface area contributed by atoms with Gasteiger partial charge in [-0.1, -0.05) is 60.7 Å². The Kier molecular flexibility index (Phi) is 4.34. The summed E-state index contributed by atoms with van der Waals surface area (Å²) in [4.78, 5) is 25.8. The molecule has 0 unspecified atom stereocenters. The molecule has 0 atom stereocenters. The molecule has 0 aliphatic carbocycles. The Hall–Kier alpha value is -3.14. The molecule has 0 saturated heterocycles. The summed E-state index contributed by atoms with van der Waals surface area (Å²) in [5, 5.41) is 2.73. The summed E-state index contributed by atoms with van der Waals surface area (Å²) in [5.41, 5.74) is 2.13. The van der Waals surface area contributed by atoms with Gasteiger partial charge in [0.2, 0.25) is 0 Å². The zero-order valence-electron chi connectivity index (χ0n) is 12.5. The van der Waals surface area contributed by atoms with E-state index >= 15 is 0 Å². The number of nitrogens with zero attached hydrogens (tertiary/aromatic N) is 1. The van der Waals surface area contributed by atoms with Crippen LogP contribution >= 0.6 is 0 Å². The summed E-state index contributed by atoms with van der Waals surface area (Å²) in [6.45, 7) is 0.489. The number of urea groups is 1. The number of ketones is 1. The number of nitrogens with one attached hydrogen (secondary N) is 1. The highest BCUT2D eigenvalue weighted by Gasteiger charge is 2.17. The van der Waals surface area contributed by atoms with Crippen LogP contribution in [0.5, 0.6) is 0 Å². The molecule has 4 nitrogen and oxygen atoms in total. The second kappa shape index (κ2) is 6.75. The largest absolute Gasteiger partial charge is 0.326 e. The quantitative estimate of drug-likeness (QED) is 0.694. The lowest BCUT2D eigenvalue weighted by Crippen LogP contribution is -2.38. The predicted octanol–water partition coefficient (Wildman–Crippen LogP) is 3.49. The Balaban J connectivity index is 1.71. The molecule has 1 aliphatic heterocycles. The molecule has 2 aromatic carbocycles. The van der Waals surface area contributed by atoms with Gasteiger partial charge in [0, 0.05) is 23.5 Å². The number of amides is 2. The fourth-order valence-corrected chi connectivity index (χ4v) is 2.29. The smallest absolute Gasteiger partial charge is 0.307 e. The molecule has 0 radical (unpaired) electrons. The first kappa shape index (κ1) is 14.8. The second-order valence-corrected chi connectivity index (χ2v) is 5.19. The van der Waals surface area contributed by atoms with Gasteiger partial charge >= 0.3 is 6.03 Å². The Morgan fingerprint density at radius 3 is 2.30 bits per heavy atom. The van der Waals surface area contributed by atoms with Crippen molar-refractivity contribution in [2.45, 2.75) is 6.54 Å². The predicted molar refractivity (Wildman–Crippen MR) is 88.5 cm³/mol. The molecule has 2 aromatic rings. The number of carbonyl (C=O) groups excluding carboxylic acids is 2. The zero-order chi connectivity index (χ0) is 16.1. The van der Waals surface area contributed by atoms with Crippen LogP contribution in [0.4, 0.5) is 4.79 Å². The lowest BCUT2D eigenvalue weighted by atomic mass is 10.1. The third-order valence-electron chi connectivity index (χ3n) is 3.49. The summed E-state index contributed by atoms with van der Waals surface area (Å²) in [5.74, 6) is -0.137. The maximum absolute atomic E-state index is 12.1. The van der Waals surface area contributed by atoms with Crippen molar-refractivity contribution in [2.75, 3.05) is 0 Å². The van der Waals surface area contributed by atoms with Crippen molar-refractivity contribution in [2.24, 2.45) is 0 Å². The van der Waals surface area contributed by atoms with E-state index in [0.717, 1.165) is 5.56 Å². The topological polar surface area (TPSA) is 49.4 Å². The highest BCUT2D eigenvalue weighted by Crippen LogP contribution is 2.12. The van der Waals surface area contributed by atoms with Crippen LogP contribution in [-0.2, 0) is 6.54 Å². The van der Waals surface area contributed by atoms with E-state index in [9.17, 15) is 9.59 Å². The molecule has 0 bridgehead atoms. The van der Waals surface area contributed by atoms with Gasteiger partial charge in [0.15, 0.2) is 5.78 Å². The molecule has 1 heterocycles. The average molecular weight is 304 g/mol. The Morgan fingerprint density at radius 2 is 1.65 bits per heavy atom. The van der Waals surface area contributed by atoms with Gasteiger partial charge in [0.05, 0.1) is 6.54 Å². The van der Waals surface area contributed by atoms with Gasteiger partial charge in [-0.3, -0.25) is 9.69 Å². The van der Waals surface area contributed by atoms with Gasteiger partial charge in [0.25, 0.3) is 0 Å². The summed E-state index contributed by atoms with van der Waals surface area (Å²) in [7, 11) is 0. The second-order valence-electron chi connectivity index (χ2n) is 5.19. The van der Waals surface area contributed by atoms with Crippen LogP contribution < -0.4 is 5.32 Å². The third kappa shape index (κ3) is 3.74. The molecule has 0 fully saturated rings. The molecule has 0 spiro atoms. The zero-order valence-corrected chi connectivity index (χ0v) is 12.5. The Bertz CT molecular complexity index is 764. The minimum Gasteiger partial charge on any atom is -0.307 e. The van der Waals surface area contributed by atoms with Crippen LogP contribution in [0.25, 0.3) is 0 Å². The maximum atomic E-state index is 12.1. The fraction of sp³-hybridized carbons (Fsp3) is 0.0526. The number of hydrogen-bond acceptors (Lipinski definition) is 2. The van der Waals surface area contributed by atoms with Crippen molar-refractivity contribution >= 4 is 11.8 Å². The molecule has 1 N–H and O–H groups in total. The number of rotatable bonds is 4. The van der Waals surface area contributed by atoms with Gasteiger partial charge in [-0.25, -0.2) is 4.79 Å². The highest BCUT2D eigenvalue weighted by molar-refractivity contribution is 6.05. The first-order valence-electron chi connectivity index (χ1n) is 7.33. The molecule has 1 aliphatic rings. The first-order valence-corrected chi connectivity index (χ1v) is 7.33. The van der Waals surface area contributed by atoms with Crippen molar-refractivity contribution < 1.29 is 9.59 Å². The SMILES string of the molecule is O=C(/C=C1\C=CN(Cc2ccccc2)C(=O)N1)c1ccccc1. The normalized spacial score (nSPS) is 15.6. The van der Waals surface area contributed by atoms with E-state index in [1.807, 2.05) is 48.5 Å². The Morgan fingerprint density at radius 1 is 1.00 bits per heavy atom. The van der Waals surface area contributed by atoms with E-state index < -0.39 is 0 Å². The maximum Gasteiger partial charge on any atom is 0.326 e. The number of carbonyl (C=O) groups is 2. The van der Waals surface area contributed by atoms with Crippen LogP contribution in [0.15, 0.2) is 84.7 Å². The summed E-state index contributed by atoms with van der Waals surface area (Å²) in [6, 6.07) is 18.4. The summed E-state index contributed by atoms with van der Waals surface area (Å²) in [6.07, 6.45) is 4.85. The monoisotopic (exact) mass is 304 g/mol. The molecule has 23 heavy (non-hydrogen) atoms. The number of benzene rings is 2. The van der Waals surface area contributed by atoms with Gasteiger partial charge < -0.3 is 5.32 Å². The number of allylic oxidation sites excluding steroid dienone is 2. The van der Waals surface area contributed by atoms with Crippen molar-refractivity contribution in [3.8, 4) is 0 Å². The first-order chi connectivity index (χ1) is 11.2. The summed E-state index contributed by atoms with van der Waals surface area (Å²) < 4.78 is 0. The lowest BCUT2D eigenvalue weighted by molar-refractivity contribution is 0.104. The lowest BCUT2D eigenvalue weighted by Gasteiger charge is -2.23. The molecule has 3 rings (SSSR count). The van der Waals surface area contributed by atoms with E-state index in [2.05, 4.69) is 5.32 Å². The molecular weight excluding hydrogens is 288 g/mol. The Labute approximate surface area is 134 Å². The standard InChI is InChI=1S/C19H16N2O2/c22-18(16-9-5-2-6-10-16)13-17-11-12-21(19(23)20-17)14-15-7-3-1-4-8-15/h1-13H,14H2,(H,20,23)/b17-13+. The molecule has 2 amide bonds. The van der Waals surface area contributed by atoms with Crippen molar-refractivity contribution in [3.63, 3.8) is 0 Å². The van der Waals surface area contributed by atoms with Crippen LogP contribution in [0.1, 0.15) is 15.9 Å². The van der Waals surface area contributed by atoms with E-state index in [1.165, 1.54) is 6.08 Å². The van der Waals surface area contributed by atoms with Crippen LogP contribution in [-0.4, -0.2) is 16.7 Å². The van der Waals surface area contributed by atoms with E-state index in [1.54, 1.807) is 29.3 Å². The molecule has 0 saturated carbocycles. The average Bonchev–Trinajstić information content (AvgIpc) is 2.59. The molecule has 4 heteroatoms.